The van der Waals surface area contributed by atoms with Gasteiger partial charge >= 0.3 is 6.55 Å². The molecule has 0 bridgehead atoms. The lowest BCUT2D eigenvalue weighted by Crippen LogP contribution is -2.49. The number of imidazole rings is 1. The van der Waals surface area contributed by atoms with Crippen LogP contribution >= 0.6 is 0 Å². The largest absolute Gasteiger partial charge is 0.368 e. The second-order valence-electron chi connectivity index (χ2n) is 7.71. The topological polar surface area (TPSA) is 41.4 Å². The van der Waals surface area contributed by atoms with E-state index in [0.29, 0.717) is 29.7 Å². The van der Waals surface area contributed by atoms with Gasteiger partial charge in [0.25, 0.3) is 0 Å². The van der Waals surface area contributed by atoms with Crippen molar-refractivity contribution in [3.63, 3.8) is 0 Å². The van der Waals surface area contributed by atoms with Crippen LogP contribution in [-0.4, -0.2) is 46.5 Å². The first-order valence-electron chi connectivity index (χ1n) is 10.0. The molecule has 2 aliphatic rings. The van der Waals surface area contributed by atoms with Crippen LogP contribution in [0.25, 0.3) is 22.4 Å². The van der Waals surface area contributed by atoms with Crippen LogP contribution in [0, 0.1) is 5.92 Å². The molecule has 1 saturated carbocycles. The van der Waals surface area contributed by atoms with Crippen LogP contribution in [0.1, 0.15) is 19.4 Å². The molecule has 2 heterocycles. The molecule has 3 aromatic rings. The second kappa shape index (κ2) is 7.13. The van der Waals surface area contributed by atoms with Gasteiger partial charge in [0.15, 0.2) is 0 Å². The fourth-order valence-electron chi connectivity index (χ4n) is 4.06. The Hall–Kier alpha value is -2.96. The number of rotatable bonds is 4. The van der Waals surface area contributed by atoms with E-state index in [1.165, 1.54) is 0 Å². The highest BCUT2D eigenvalue weighted by Crippen LogP contribution is 2.33. The lowest BCUT2D eigenvalue weighted by molar-refractivity contribution is -0.132. The van der Waals surface area contributed by atoms with E-state index in [4.69, 9.17) is 0 Å². The number of hydrogen-bond acceptors (Lipinski definition) is 3. The molecule has 1 saturated heterocycles. The number of fused-ring (bicyclic) bond motifs is 1. The molecule has 2 aromatic carbocycles. The summed E-state index contributed by atoms with van der Waals surface area (Å²) in [6.07, 6.45) is 2.04. The lowest BCUT2D eigenvalue weighted by Gasteiger charge is -2.36. The molecule has 5 nitrogen and oxygen atoms in total. The van der Waals surface area contributed by atoms with Gasteiger partial charge in [0.05, 0.1) is 11.0 Å². The van der Waals surface area contributed by atoms with Crippen molar-refractivity contribution < 1.29 is 13.6 Å². The molecule has 5 rings (SSSR count). The van der Waals surface area contributed by atoms with E-state index in [2.05, 4.69) is 9.88 Å². The third kappa shape index (κ3) is 3.34. The normalized spacial score (nSPS) is 17.3. The number of amides is 1. The monoisotopic (exact) mass is 396 g/mol. The number of halogens is 2. The van der Waals surface area contributed by atoms with Crippen LogP contribution in [0.2, 0.25) is 0 Å². The first-order valence-corrected chi connectivity index (χ1v) is 10.0. The second-order valence-corrected chi connectivity index (χ2v) is 7.71. The minimum atomic E-state index is -2.67. The number of nitrogens with zero attached hydrogens (tertiary/aromatic N) is 4. The van der Waals surface area contributed by atoms with E-state index in [1.54, 1.807) is 24.3 Å². The summed E-state index contributed by atoms with van der Waals surface area (Å²) >= 11 is 0. The third-order valence-corrected chi connectivity index (χ3v) is 5.78. The van der Waals surface area contributed by atoms with Gasteiger partial charge in [-0.3, -0.25) is 9.36 Å². The maximum absolute atomic E-state index is 13.8. The number of piperazine rings is 1. The van der Waals surface area contributed by atoms with Crippen LogP contribution in [0.15, 0.2) is 48.5 Å². The van der Waals surface area contributed by atoms with Gasteiger partial charge in [-0.05, 0) is 37.1 Å². The lowest BCUT2D eigenvalue weighted by atomic mass is 10.1. The molecule has 0 N–H and O–H groups in total. The van der Waals surface area contributed by atoms with E-state index in [-0.39, 0.29) is 17.6 Å². The minimum absolute atomic E-state index is 0.243. The number of carbonyl (C=O) groups excluding carboxylic acids is 1. The Morgan fingerprint density at radius 3 is 2.48 bits per heavy atom. The first-order chi connectivity index (χ1) is 14.1. The number of anilines is 1. The Morgan fingerprint density at radius 1 is 1.00 bits per heavy atom. The number of para-hydroxylation sites is 2. The van der Waals surface area contributed by atoms with Crippen LogP contribution in [0.4, 0.5) is 14.5 Å². The van der Waals surface area contributed by atoms with Gasteiger partial charge < -0.3 is 9.80 Å². The Balaban J connectivity index is 1.41. The highest BCUT2D eigenvalue weighted by Gasteiger charge is 2.34. The van der Waals surface area contributed by atoms with Crippen molar-refractivity contribution >= 4 is 22.6 Å². The summed E-state index contributed by atoms with van der Waals surface area (Å²) in [5.41, 5.74) is 2.61. The fraction of sp³-hybridized carbons (Fsp3) is 0.364. The molecule has 2 fully saturated rings. The number of alkyl halides is 2. The molecule has 1 aliphatic heterocycles. The van der Waals surface area contributed by atoms with Gasteiger partial charge in [-0.1, -0.05) is 24.3 Å². The average molecular weight is 396 g/mol. The summed E-state index contributed by atoms with van der Waals surface area (Å²) in [4.78, 5) is 20.9. The van der Waals surface area contributed by atoms with Gasteiger partial charge in [0.2, 0.25) is 5.91 Å². The third-order valence-electron chi connectivity index (χ3n) is 5.78. The average Bonchev–Trinajstić information content (AvgIpc) is 3.52. The van der Waals surface area contributed by atoms with Crippen LogP contribution < -0.4 is 4.90 Å². The van der Waals surface area contributed by atoms with Crippen molar-refractivity contribution in [1.29, 1.82) is 0 Å². The summed E-state index contributed by atoms with van der Waals surface area (Å²) in [6.45, 7) is 0.225. The van der Waals surface area contributed by atoms with E-state index in [9.17, 15) is 13.6 Å². The van der Waals surface area contributed by atoms with Crippen molar-refractivity contribution in [2.24, 2.45) is 5.92 Å². The predicted octanol–water partition coefficient (Wildman–Crippen LogP) is 4.16. The van der Waals surface area contributed by atoms with Crippen LogP contribution in [0.3, 0.4) is 0 Å². The molecule has 0 unspecified atom stereocenters. The first kappa shape index (κ1) is 18.1. The maximum Gasteiger partial charge on any atom is 0.320 e. The van der Waals surface area contributed by atoms with Crippen molar-refractivity contribution in [2.45, 2.75) is 19.4 Å². The molecule has 1 aromatic heterocycles. The zero-order valence-electron chi connectivity index (χ0n) is 16.0. The zero-order valence-corrected chi connectivity index (χ0v) is 16.0. The summed E-state index contributed by atoms with van der Waals surface area (Å²) in [5.74, 6) is 0.793. The summed E-state index contributed by atoms with van der Waals surface area (Å²) in [7, 11) is 0. The quantitative estimate of drug-likeness (QED) is 0.665. The number of aromatic nitrogens is 2. The van der Waals surface area contributed by atoms with Crippen molar-refractivity contribution in [3.8, 4) is 11.4 Å². The van der Waals surface area contributed by atoms with Crippen LogP contribution in [0.5, 0.6) is 0 Å². The van der Waals surface area contributed by atoms with Gasteiger partial charge in [-0.15, -0.1) is 0 Å². The highest BCUT2D eigenvalue weighted by molar-refractivity contribution is 5.82. The molecule has 0 spiro atoms. The maximum atomic E-state index is 13.8. The van der Waals surface area contributed by atoms with Gasteiger partial charge in [-0.2, -0.15) is 8.78 Å². The standard InChI is InChI=1S/C22H22F2N4O/c23-22(24)28-19-7-2-1-6-18(19)25-20(28)16-4-3-5-17(14-16)26-10-12-27(13-11-26)21(29)15-8-9-15/h1-7,14-15,22H,8-13H2. The molecule has 150 valence electrons. The molecule has 1 aliphatic carbocycles. The smallest absolute Gasteiger partial charge is 0.320 e. The zero-order chi connectivity index (χ0) is 20.0. The molecular weight excluding hydrogens is 374 g/mol. The van der Waals surface area contributed by atoms with Gasteiger partial charge in [-0.25, -0.2) is 4.98 Å². The molecule has 0 radical (unpaired) electrons. The Bertz CT molecular complexity index is 1050. The number of benzene rings is 2. The molecule has 7 heteroatoms. The number of hydrogen-bond donors (Lipinski definition) is 0. The van der Waals surface area contributed by atoms with E-state index in [0.717, 1.165) is 36.2 Å². The van der Waals surface area contributed by atoms with E-state index < -0.39 is 6.55 Å². The Labute approximate surface area is 167 Å². The van der Waals surface area contributed by atoms with E-state index in [1.807, 2.05) is 29.2 Å². The Kier molecular flexibility index (Phi) is 4.45. The Morgan fingerprint density at radius 2 is 1.76 bits per heavy atom. The van der Waals surface area contributed by atoms with E-state index >= 15 is 0 Å². The van der Waals surface area contributed by atoms with Crippen LogP contribution in [-0.2, 0) is 4.79 Å². The fourth-order valence-corrected chi connectivity index (χ4v) is 4.06. The van der Waals surface area contributed by atoms with Gasteiger partial charge in [0.1, 0.15) is 5.82 Å². The number of carbonyl (C=O) groups is 1. The predicted molar refractivity (Wildman–Crippen MR) is 108 cm³/mol. The molecular formula is C22H22F2N4O. The molecule has 0 atom stereocenters. The molecule has 29 heavy (non-hydrogen) atoms. The highest BCUT2D eigenvalue weighted by atomic mass is 19.3. The summed E-state index contributed by atoms with van der Waals surface area (Å²) in [6, 6.07) is 14.5. The van der Waals surface area contributed by atoms with Crippen molar-refractivity contribution in [3.05, 3.63) is 48.5 Å². The van der Waals surface area contributed by atoms with Crippen molar-refractivity contribution in [2.75, 3.05) is 31.1 Å². The minimum Gasteiger partial charge on any atom is -0.368 e. The SMILES string of the molecule is O=C(C1CC1)N1CCN(c2cccc(-c3nc4ccccc4n3C(F)F)c2)CC1. The summed E-state index contributed by atoms with van der Waals surface area (Å²) < 4.78 is 28.6. The van der Waals surface area contributed by atoms with Gasteiger partial charge in [0, 0.05) is 43.3 Å². The van der Waals surface area contributed by atoms with Crippen molar-refractivity contribution in [1.82, 2.24) is 14.5 Å². The summed E-state index contributed by atoms with van der Waals surface area (Å²) in [5, 5.41) is 0. The molecule has 1 amide bonds.